The van der Waals surface area contributed by atoms with Crippen molar-refractivity contribution in [1.82, 2.24) is 19.7 Å². The van der Waals surface area contributed by atoms with Crippen LogP contribution in [0.15, 0.2) is 88.2 Å². The van der Waals surface area contributed by atoms with Crippen molar-refractivity contribution in [2.75, 3.05) is 13.1 Å². The molecule has 222 valence electrons. The minimum atomic E-state index is -1.52. The van der Waals surface area contributed by atoms with Gasteiger partial charge in [-0.1, -0.05) is 54.6 Å². The molecule has 0 aliphatic carbocycles. The molecule has 1 aromatic heterocycles. The normalized spacial score (nSPS) is 19.1. The molecule has 0 saturated heterocycles. The summed E-state index contributed by atoms with van der Waals surface area (Å²) in [6, 6.07) is 7.72. The van der Waals surface area contributed by atoms with Crippen LogP contribution in [0.4, 0.5) is 0 Å². The van der Waals surface area contributed by atoms with Gasteiger partial charge in [0.15, 0.2) is 0 Å². The third-order valence-electron chi connectivity index (χ3n) is 7.25. The van der Waals surface area contributed by atoms with Crippen LogP contribution >= 0.6 is 27.5 Å². The fourth-order valence-electron chi connectivity index (χ4n) is 5.35. The first-order valence-electron chi connectivity index (χ1n) is 13.3. The quantitative estimate of drug-likeness (QED) is 0.330. The second-order valence-corrected chi connectivity index (χ2v) is 11.1. The van der Waals surface area contributed by atoms with Crippen LogP contribution < -0.4 is 10.9 Å². The molecule has 0 bridgehead atoms. The van der Waals surface area contributed by atoms with Gasteiger partial charge in [-0.25, -0.2) is 0 Å². The van der Waals surface area contributed by atoms with Crippen LogP contribution in [0.1, 0.15) is 57.9 Å². The molecule has 1 aromatic carbocycles. The van der Waals surface area contributed by atoms with Gasteiger partial charge < -0.3 is 5.32 Å². The lowest BCUT2D eigenvalue weighted by atomic mass is 10.0. The topological polar surface area (TPSA) is 126 Å². The number of benzene rings is 1. The second kappa shape index (κ2) is 12.5. The zero-order chi connectivity index (χ0) is 31.6. The summed E-state index contributed by atoms with van der Waals surface area (Å²) in [4.78, 5) is 80.8. The Morgan fingerprint density at radius 2 is 1.40 bits per heavy atom. The van der Waals surface area contributed by atoms with Crippen LogP contribution in [0.25, 0.3) is 0 Å². The fourth-order valence-corrected chi connectivity index (χ4v) is 6.17. The molecule has 3 aliphatic heterocycles. The van der Waals surface area contributed by atoms with Gasteiger partial charge in [0, 0.05) is 25.9 Å². The van der Waals surface area contributed by atoms with Gasteiger partial charge >= 0.3 is 0 Å². The van der Waals surface area contributed by atoms with Crippen molar-refractivity contribution in [1.29, 1.82) is 0 Å². The molecule has 2 aromatic rings. The van der Waals surface area contributed by atoms with E-state index in [1.165, 1.54) is 22.8 Å². The number of allylic oxidation sites excluding steroid dienone is 2. The summed E-state index contributed by atoms with van der Waals surface area (Å²) in [7, 11) is 0. The van der Waals surface area contributed by atoms with Gasteiger partial charge in [-0.05, 0) is 48.0 Å². The third-order valence-corrected chi connectivity index (χ3v) is 8.11. The van der Waals surface area contributed by atoms with Crippen molar-refractivity contribution in [2.45, 2.75) is 32.4 Å². The number of hydrogen-bond acceptors (Lipinski definition) is 6. The Hall–Kier alpha value is -4.35. The van der Waals surface area contributed by atoms with Crippen molar-refractivity contribution in [3.63, 3.8) is 0 Å². The molecule has 1 atom stereocenters. The summed E-state index contributed by atoms with van der Waals surface area (Å²) in [5.41, 5.74) is -1.37. The van der Waals surface area contributed by atoms with Crippen molar-refractivity contribution >= 4 is 57.1 Å². The van der Waals surface area contributed by atoms with Crippen molar-refractivity contribution in [3.05, 3.63) is 116 Å². The molecular weight excluding hydrogens is 640 g/mol. The maximum Gasteiger partial charge on any atom is 0.271 e. The molecule has 1 unspecified atom stereocenters. The molecule has 43 heavy (non-hydrogen) atoms. The van der Waals surface area contributed by atoms with Crippen LogP contribution in [-0.4, -0.2) is 57.0 Å². The van der Waals surface area contributed by atoms with Crippen LogP contribution in [0.2, 0.25) is 5.02 Å². The predicted octanol–water partition coefficient (Wildman–Crippen LogP) is 4.36. The first-order valence-corrected chi connectivity index (χ1v) is 14.5. The maximum atomic E-state index is 13.4. The number of amides is 5. The van der Waals surface area contributed by atoms with Crippen molar-refractivity contribution in [2.24, 2.45) is 0 Å². The van der Waals surface area contributed by atoms with Crippen LogP contribution in [0.3, 0.4) is 0 Å². The Labute approximate surface area is 261 Å². The predicted molar refractivity (Wildman–Crippen MR) is 165 cm³/mol. The molecule has 0 fully saturated rings. The van der Waals surface area contributed by atoms with E-state index in [2.05, 4.69) is 34.4 Å². The molecule has 0 radical (unpaired) electrons. The largest absolute Gasteiger partial charge is 0.327 e. The molecule has 5 rings (SSSR count). The molecule has 4 heterocycles. The maximum absolute atomic E-state index is 13.4. The van der Waals surface area contributed by atoms with E-state index in [-0.39, 0.29) is 63.4 Å². The highest BCUT2D eigenvalue weighted by Gasteiger charge is 2.48. The van der Waals surface area contributed by atoms with Crippen LogP contribution in [-0.2, 0) is 15.3 Å². The molecule has 12 heteroatoms. The number of hydrogen-bond donors (Lipinski definition) is 1. The van der Waals surface area contributed by atoms with E-state index in [4.69, 9.17) is 11.6 Å². The van der Waals surface area contributed by atoms with Gasteiger partial charge in [-0.3, -0.25) is 43.1 Å². The van der Waals surface area contributed by atoms with E-state index in [1.54, 1.807) is 43.3 Å². The number of carbonyl (C=O) groups excluding carboxylic acids is 5. The molecule has 0 saturated carbocycles. The molecule has 10 nitrogen and oxygen atoms in total. The van der Waals surface area contributed by atoms with Gasteiger partial charge in [-0.15, -0.1) is 6.58 Å². The third kappa shape index (κ3) is 5.34. The Kier molecular flexibility index (Phi) is 9.17. The van der Waals surface area contributed by atoms with E-state index in [1.807, 2.05) is 6.92 Å². The van der Waals surface area contributed by atoms with E-state index < -0.39 is 40.8 Å². The highest BCUT2D eigenvalue weighted by atomic mass is 79.9. The monoisotopic (exact) mass is 666 g/mol. The van der Waals surface area contributed by atoms with E-state index >= 15 is 0 Å². The molecule has 5 amide bonds. The standard InChI is InChI=1S/C28H22BrClN4O6.C3H6/c1-3-7-16-15(4-2)23(36)32(24(16)37)12-10-28(31-22(35)21-20(30)14-19(29)27(40)34(21)28)11-13-33-25(38)17-8-5-6-9-18(17)26(33)39;1-3-2/h3-9,14H,2,10-13H2,1H3,(H,31,35);3H,1H2,2H3/b7-3-;. The average Bonchev–Trinajstić information content (AvgIpc) is 3.50. The summed E-state index contributed by atoms with van der Waals surface area (Å²) >= 11 is 9.54. The zero-order valence-corrected chi connectivity index (χ0v) is 25.8. The SMILES string of the molecule is C=CC.C=CC1=C(/C=C\C)C(=O)N(CCC2(CCN3C(=O)c4ccccc4C3=O)NC(=O)c3c(Cl)cc(Br)c(=O)n32)C1=O. The fraction of sp³-hybridized carbons (Fsp3) is 0.226. The van der Waals surface area contributed by atoms with Gasteiger partial charge in [0.05, 0.1) is 31.8 Å². The number of nitrogens with one attached hydrogen (secondary N) is 1. The van der Waals surface area contributed by atoms with Crippen LogP contribution in [0, 0.1) is 0 Å². The average molecular weight is 668 g/mol. The van der Waals surface area contributed by atoms with Gasteiger partial charge in [0.2, 0.25) is 0 Å². The molecular formula is C31H28BrClN4O6. The molecule has 0 spiro atoms. The number of carbonyl (C=O) groups is 5. The summed E-state index contributed by atoms with van der Waals surface area (Å²) in [5.74, 6) is -2.75. The Morgan fingerprint density at radius 1 is 0.884 bits per heavy atom. The number of pyridine rings is 1. The minimum Gasteiger partial charge on any atom is -0.327 e. The van der Waals surface area contributed by atoms with Gasteiger partial charge in [-0.2, -0.15) is 0 Å². The summed E-state index contributed by atoms with van der Waals surface area (Å²) in [6.45, 7) is 10.2. The number of rotatable bonds is 8. The lowest BCUT2D eigenvalue weighted by molar-refractivity contribution is -0.137. The highest BCUT2D eigenvalue weighted by Crippen LogP contribution is 2.35. The van der Waals surface area contributed by atoms with E-state index in [0.717, 1.165) is 9.80 Å². The first-order chi connectivity index (χ1) is 20.5. The smallest absolute Gasteiger partial charge is 0.271 e. The summed E-state index contributed by atoms with van der Waals surface area (Å²) in [5, 5.41) is 2.81. The molecule has 3 aliphatic rings. The summed E-state index contributed by atoms with van der Waals surface area (Å²) < 4.78 is 1.27. The van der Waals surface area contributed by atoms with E-state index in [9.17, 15) is 28.8 Å². The van der Waals surface area contributed by atoms with E-state index in [0.29, 0.717) is 0 Å². The number of imide groups is 2. The van der Waals surface area contributed by atoms with Gasteiger partial charge in [0.25, 0.3) is 35.1 Å². The summed E-state index contributed by atoms with van der Waals surface area (Å²) in [6.07, 6.45) is 6.00. The second-order valence-electron chi connectivity index (χ2n) is 9.82. The van der Waals surface area contributed by atoms with Crippen molar-refractivity contribution in [3.8, 4) is 0 Å². The number of nitrogens with zero attached hydrogens (tertiary/aromatic N) is 3. The first kappa shape index (κ1) is 31.6. The number of fused-ring (bicyclic) bond motifs is 2. The lowest BCUT2D eigenvalue weighted by Gasteiger charge is -2.34. The Balaban J connectivity index is 0.00000135. The highest BCUT2D eigenvalue weighted by molar-refractivity contribution is 9.10. The number of halogens is 2. The Bertz CT molecular complexity index is 1690. The Morgan fingerprint density at radius 3 is 1.91 bits per heavy atom. The van der Waals surface area contributed by atoms with Crippen molar-refractivity contribution < 1.29 is 24.0 Å². The van der Waals surface area contributed by atoms with Gasteiger partial charge in [0.1, 0.15) is 11.4 Å². The molecule has 1 N–H and O–H groups in total. The minimum absolute atomic E-state index is 0.00545. The zero-order valence-electron chi connectivity index (χ0n) is 23.5. The number of aromatic nitrogens is 1. The van der Waals surface area contributed by atoms with Crippen LogP contribution in [0.5, 0.6) is 0 Å². The lowest BCUT2D eigenvalue weighted by Crippen LogP contribution is -2.52.